The summed E-state index contributed by atoms with van der Waals surface area (Å²) in [7, 11) is 1.44. The van der Waals surface area contributed by atoms with Gasteiger partial charge in [-0.1, -0.05) is 0 Å². The molecule has 2 heterocycles. The van der Waals surface area contributed by atoms with Crippen molar-refractivity contribution in [1.82, 2.24) is 9.97 Å². The molecular weight excluding hydrogens is 258 g/mol. The zero-order valence-electron chi connectivity index (χ0n) is 12.3. The number of carbonyl (C=O) groups is 1. The molecule has 1 saturated heterocycles. The molecular formula is C14H21N3O3. The Hall–Kier alpha value is -1.85. The molecule has 0 radical (unpaired) electrons. The van der Waals surface area contributed by atoms with E-state index in [0.717, 1.165) is 31.6 Å². The molecule has 0 bridgehead atoms. The van der Waals surface area contributed by atoms with Gasteiger partial charge in [0, 0.05) is 24.8 Å². The molecule has 1 aromatic heterocycles. The highest BCUT2D eigenvalue weighted by atomic mass is 16.5. The van der Waals surface area contributed by atoms with E-state index in [2.05, 4.69) is 14.9 Å². The van der Waals surface area contributed by atoms with Gasteiger partial charge in [0.15, 0.2) is 0 Å². The van der Waals surface area contributed by atoms with Crippen molar-refractivity contribution in [2.45, 2.75) is 26.7 Å². The maximum absolute atomic E-state index is 11.5. The van der Waals surface area contributed by atoms with E-state index in [-0.39, 0.29) is 11.9 Å². The highest BCUT2D eigenvalue weighted by Gasteiger charge is 2.26. The highest BCUT2D eigenvalue weighted by Crippen LogP contribution is 2.23. The first-order chi connectivity index (χ1) is 9.63. The van der Waals surface area contributed by atoms with Crippen molar-refractivity contribution in [1.29, 1.82) is 0 Å². The van der Waals surface area contributed by atoms with Gasteiger partial charge in [0.2, 0.25) is 11.8 Å². The SMILES string of the molecule is CCOc1cc(C)nc(N2CCC(C(=O)OC)CC2)n1. The second-order valence-corrected chi connectivity index (χ2v) is 4.87. The fourth-order valence-corrected chi connectivity index (χ4v) is 2.37. The molecule has 0 atom stereocenters. The predicted octanol–water partition coefficient (Wildman–Crippen LogP) is 1.57. The number of anilines is 1. The van der Waals surface area contributed by atoms with Crippen LogP contribution in [-0.2, 0) is 9.53 Å². The minimum absolute atomic E-state index is 0.00702. The van der Waals surface area contributed by atoms with Crippen LogP contribution >= 0.6 is 0 Å². The normalized spacial score (nSPS) is 16.1. The Morgan fingerprint density at radius 2 is 2.10 bits per heavy atom. The van der Waals surface area contributed by atoms with E-state index >= 15 is 0 Å². The fourth-order valence-electron chi connectivity index (χ4n) is 2.37. The predicted molar refractivity (Wildman–Crippen MR) is 74.9 cm³/mol. The Labute approximate surface area is 119 Å². The molecule has 2 rings (SSSR count). The van der Waals surface area contributed by atoms with E-state index in [1.54, 1.807) is 0 Å². The first kappa shape index (κ1) is 14.6. The number of hydrogen-bond donors (Lipinski definition) is 0. The number of aryl methyl sites for hydroxylation is 1. The van der Waals surface area contributed by atoms with E-state index in [4.69, 9.17) is 9.47 Å². The van der Waals surface area contributed by atoms with Gasteiger partial charge in [0.1, 0.15) is 0 Å². The number of ether oxygens (including phenoxy) is 2. The molecule has 0 unspecified atom stereocenters. The summed E-state index contributed by atoms with van der Waals surface area (Å²) in [4.78, 5) is 22.5. The molecule has 1 aromatic rings. The van der Waals surface area contributed by atoms with Crippen molar-refractivity contribution in [3.8, 4) is 5.88 Å². The van der Waals surface area contributed by atoms with Crippen LogP contribution in [0, 0.1) is 12.8 Å². The minimum Gasteiger partial charge on any atom is -0.478 e. The number of esters is 1. The van der Waals surface area contributed by atoms with Crippen LogP contribution in [0.2, 0.25) is 0 Å². The van der Waals surface area contributed by atoms with Crippen molar-refractivity contribution in [2.75, 3.05) is 31.7 Å². The van der Waals surface area contributed by atoms with Crippen LogP contribution < -0.4 is 9.64 Å². The Kier molecular flexibility index (Phi) is 4.76. The molecule has 6 heteroatoms. The molecule has 110 valence electrons. The van der Waals surface area contributed by atoms with Gasteiger partial charge in [-0.25, -0.2) is 4.98 Å². The van der Waals surface area contributed by atoms with Gasteiger partial charge in [-0.05, 0) is 26.7 Å². The maximum atomic E-state index is 11.5. The highest BCUT2D eigenvalue weighted by molar-refractivity contribution is 5.72. The average Bonchev–Trinajstić information content (AvgIpc) is 2.46. The van der Waals surface area contributed by atoms with Gasteiger partial charge in [-0.2, -0.15) is 4.98 Å². The summed E-state index contributed by atoms with van der Waals surface area (Å²) in [5.41, 5.74) is 0.883. The van der Waals surface area contributed by atoms with E-state index in [1.165, 1.54) is 7.11 Å². The molecule has 0 aromatic carbocycles. The van der Waals surface area contributed by atoms with E-state index < -0.39 is 0 Å². The van der Waals surface area contributed by atoms with Crippen molar-refractivity contribution < 1.29 is 14.3 Å². The summed E-state index contributed by atoms with van der Waals surface area (Å²) in [5, 5.41) is 0. The van der Waals surface area contributed by atoms with E-state index in [1.807, 2.05) is 19.9 Å². The van der Waals surface area contributed by atoms with Crippen LogP contribution in [0.15, 0.2) is 6.07 Å². The van der Waals surface area contributed by atoms with Crippen LogP contribution in [0.1, 0.15) is 25.5 Å². The molecule has 0 saturated carbocycles. The van der Waals surface area contributed by atoms with Gasteiger partial charge >= 0.3 is 5.97 Å². The molecule has 0 amide bonds. The number of carbonyl (C=O) groups excluding carboxylic acids is 1. The van der Waals surface area contributed by atoms with Crippen molar-refractivity contribution in [2.24, 2.45) is 5.92 Å². The summed E-state index contributed by atoms with van der Waals surface area (Å²) < 4.78 is 10.2. The number of rotatable bonds is 4. The summed E-state index contributed by atoms with van der Waals surface area (Å²) in [6.07, 6.45) is 1.54. The van der Waals surface area contributed by atoms with Gasteiger partial charge in [0.05, 0.1) is 19.6 Å². The first-order valence-corrected chi connectivity index (χ1v) is 6.95. The van der Waals surface area contributed by atoms with Crippen LogP contribution in [-0.4, -0.2) is 42.7 Å². The third-order valence-corrected chi connectivity index (χ3v) is 3.42. The second kappa shape index (κ2) is 6.54. The lowest BCUT2D eigenvalue weighted by Crippen LogP contribution is -2.37. The second-order valence-electron chi connectivity index (χ2n) is 4.87. The number of aromatic nitrogens is 2. The van der Waals surface area contributed by atoms with Crippen molar-refractivity contribution in [3.63, 3.8) is 0 Å². The van der Waals surface area contributed by atoms with Crippen molar-refractivity contribution in [3.05, 3.63) is 11.8 Å². The van der Waals surface area contributed by atoms with Crippen LogP contribution in [0.5, 0.6) is 5.88 Å². The summed E-state index contributed by atoms with van der Waals surface area (Å²) >= 11 is 0. The Morgan fingerprint density at radius 3 is 2.70 bits per heavy atom. The van der Waals surface area contributed by atoms with Gasteiger partial charge in [0.25, 0.3) is 0 Å². The number of nitrogens with zero attached hydrogens (tertiary/aromatic N) is 3. The van der Waals surface area contributed by atoms with Gasteiger partial charge < -0.3 is 14.4 Å². The van der Waals surface area contributed by atoms with Gasteiger partial charge in [-0.15, -0.1) is 0 Å². The lowest BCUT2D eigenvalue weighted by atomic mass is 9.97. The molecule has 20 heavy (non-hydrogen) atoms. The van der Waals surface area contributed by atoms with Crippen LogP contribution in [0.3, 0.4) is 0 Å². The molecule has 6 nitrogen and oxygen atoms in total. The quantitative estimate of drug-likeness (QED) is 0.780. The first-order valence-electron chi connectivity index (χ1n) is 6.95. The van der Waals surface area contributed by atoms with Gasteiger partial charge in [-0.3, -0.25) is 4.79 Å². The Balaban J connectivity index is 2.04. The molecule has 1 aliphatic heterocycles. The van der Waals surface area contributed by atoms with Crippen LogP contribution in [0.4, 0.5) is 5.95 Å². The summed E-state index contributed by atoms with van der Waals surface area (Å²) in [6, 6.07) is 1.83. The minimum atomic E-state index is -0.121. The Bertz CT molecular complexity index is 471. The standard InChI is InChI=1S/C14H21N3O3/c1-4-20-12-9-10(2)15-14(16-12)17-7-5-11(6-8-17)13(18)19-3/h9,11H,4-8H2,1-3H3. The lowest BCUT2D eigenvalue weighted by Gasteiger charge is -2.30. The average molecular weight is 279 g/mol. The monoisotopic (exact) mass is 279 g/mol. The number of piperidine rings is 1. The largest absolute Gasteiger partial charge is 0.478 e. The molecule has 0 spiro atoms. The van der Waals surface area contributed by atoms with E-state index in [0.29, 0.717) is 18.4 Å². The third-order valence-electron chi connectivity index (χ3n) is 3.42. The molecule has 1 aliphatic rings. The summed E-state index contributed by atoms with van der Waals surface area (Å²) in [5.74, 6) is 1.15. The molecule has 1 fully saturated rings. The molecule has 0 N–H and O–H groups in total. The lowest BCUT2D eigenvalue weighted by molar-refractivity contribution is -0.146. The fraction of sp³-hybridized carbons (Fsp3) is 0.643. The smallest absolute Gasteiger partial charge is 0.308 e. The number of hydrogen-bond acceptors (Lipinski definition) is 6. The third kappa shape index (κ3) is 3.37. The van der Waals surface area contributed by atoms with E-state index in [9.17, 15) is 4.79 Å². The van der Waals surface area contributed by atoms with Crippen LogP contribution in [0.25, 0.3) is 0 Å². The molecule has 0 aliphatic carbocycles. The summed E-state index contributed by atoms with van der Waals surface area (Å²) in [6.45, 7) is 5.96. The maximum Gasteiger partial charge on any atom is 0.308 e. The topological polar surface area (TPSA) is 64.5 Å². The zero-order chi connectivity index (χ0) is 14.5. The Morgan fingerprint density at radius 1 is 1.40 bits per heavy atom. The zero-order valence-corrected chi connectivity index (χ0v) is 12.3. The number of methoxy groups -OCH3 is 1. The van der Waals surface area contributed by atoms with Crippen molar-refractivity contribution >= 4 is 11.9 Å².